The molecule has 0 aliphatic carbocycles. The summed E-state index contributed by atoms with van der Waals surface area (Å²) in [5, 5.41) is 0.668. The Kier molecular flexibility index (Phi) is 3.77. The molecule has 0 unspecified atom stereocenters. The van der Waals surface area contributed by atoms with E-state index in [1.807, 2.05) is 67.4 Å². The lowest BCUT2D eigenvalue weighted by atomic mass is 10.1. The first-order chi connectivity index (χ1) is 10.6. The van der Waals surface area contributed by atoms with Crippen LogP contribution in [0.5, 0.6) is 0 Å². The molecular formula is C18H16N2OS. The summed E-state index contributed by atoms with van der Waals surface area (Å²) in [5.74, 6) is 0. The minimum absolute atomic E-state index is 0.0368. The van der Waals surface area contributed by atoms with E-state index < -0.39 is 0 Å². The minimum atomic E-state index is -0.0368. The van der Waals surface area contributed by atoms with Gasteiger partial charge in [-0.25, -0.2) is 0 Å². The lowest BCUT2D eigenvalue weighted by Crippen LogP contribution is -2.30. The fourth-order valence-corrected chi connectivity index (χ4v) is 2.77. The SMILES string of the molecule is Cc1cccc2c(=O)c(C(=S)N(C)c3ccccc3)c[nH]c12. The molecule has 0 amide bonds. The third-order valence-electron chi connectivity index (χ3n) is 3.80. The highest BCUT2D eigenvalue weighted by molar-refractivity contribution is 7.81. The first-order valence-corrected chi connectivity index (χ1v) is 7.44. The number of hydrogen-bond donors (Lipinski definition) is 1. The highest BCUT2D eigenvalue weighted by atomic mass is 32.1. The van der Waals surface area contributed by atoms with Crippen molar-refractivity contribution in [2.45, 2.75) is 6.92 Å². The normalized spacial score (nSPS) is 10.6. The van der Waals surface area contributed by atoms with E-state index in [4.69, 9.17) is 12.2 Å². The van der Waals surface area contributed by atoms with Crippen LogP contribution in [-0.4, -0.2) is 17.0 Å². The number of nitrogens with one attached hydrogen (secondary N) is 1. The summed E-state index contributed by atoms with van der Waals surface area (Å²) in [6.07, 6.45) is 1.71. The molecule has 3 rings (SSSR count). The van der Waals surface area contributed by atoms with Crippen LogP contribution in [0.25, 0.3) is 10.9 Å². The van der Waals surface area contributed by atoms with Crippen molar-refractivity contribution in [3.8, 4) is 0 Å². The summed E-state index contributed by atoms with van der Waals surface area (Å²) in [6, 6.07) is 15.5. The number of hydrogen-bond acceptors (Lipinski definition) is 2. The second-order valence-electron chi connectivity index (χ2n) is 5.23. The van der Waals surface area contributed by atoms with Gasteiger partial charge in [0.1, 0.15) is 4.99 Å². The number of nitrogens with zero attached hydrogens (tertiary/aromatic N) is 1. The molecule has 0 spiro atoms. The van der Waals surface area contributed by atoms with Crippen molar-refractivity contribution in [1.82, 2.24) is 4.98 Å². The van der Waals surface area contributed by atoms with Crippen LogP contribution in [0.3, 0.4) is 0 Å². The van der Waals surface area contributed by atoms with Gasteiger partial charge in [-0.1, -0.05) is 42.5 Å². The molecule has 0 atom stereocenters. The van der Waals surface area contributed by atoms with Crippen LogP contribution >= 0.6 is 12.2 Å². The maximum absolute atomic E-state index is 12.7. The Morgan fingerprint density at radius 2 is 1.82 bits per heavy atom. The molecule has 110 valence electrons. The predicted molar refractivity (Wildman–Crippen MR) is 95.9 cm³/mol. The zero-order valence-corrected chi connectivity index (χ0v) is 13.3. The Bertz CT molecular complexity index is 900. The average Bonchev–Trinajstić information content (AvgIpc) is 2.55. The van der Waals surface area contributed by atoms with Gasteiger partial charge in [0.2, 0.25) is 0 Å². The van der Waals surface area contributed by atoms with Crippen molar-refractivity contribution in [2.75, 3.05) is 11.9 Å². The van der Waals surface area contributed by atoms with Crippen molar-refractivity contribution >= 4 is 33.8 Å². The summed E-state index contributed by atoms with van der Waals surface area (Å²) < 4.78 is 0. The fraction of sp³-hybridized carbons (Fsp3) is 0.111. The summed E-state index contributed by atoms with van der Waals surface area (Å²) in [4.78, 5) is 18.3. The topological polar surface area (TPSA) is 36.1 Å². The quantitative estimate of drug-likeness (QED) is 0.734. The van der Waals surface area contributed by atoms with Crippen LogP contribution in [-0.2, 0) is 0 Å². The van der Waals surface area contributed by atoms with E-state index in [1.54, 1.807) is 6.20 Å². The van der Waals surface area contributed by atoms with Crippen molar-refractivity contribution in [1.29, 1.82) is 0 Å². The van der Waals surface area contributed by atoms with E-state index in [0.29, 0.717) is 15.9 Å². The lowest BCUT2D eigenvalue weighted by Gasteiger charge is -2.20. The Morgan fingerprint density at radius 3 is 2.55 bits per heavy atom. The number of aryl methyl sites for hydroxylation is 1. The molecular weight excluding hydrogens is 292 g/mol. The Hall–Kier alpha value is -2.46. The molecule has 0 aliphatic heterocycles. The largest absolute Gasteiger partial charge is 0.360 e. The Morgan fingerprint density at radius 1 is 1.09 bits per heavy atom. The number of anilines is 1. The molecule has 1 heterocycles. The molecule has 0 radical (unpaired) electrons. The molecule has 0 aliphatic rings. The number of aromatic amines is 1. The number of rotatable bonds is 2. The van der Waals surface area contributed by atoms with Crippen LogP contribution in [0, 0.1) is 6.92 Å². The lowest BCUT2D eigenvalue weighted by molar-refractivity contribution is 1.26. The molecule has 4 heteroatoms. The van der Waals surface area contributed by atoms with E-state index in [-0.39, 0.29) is 5.43 Å². The van der Waals surface area contributed by atoms with Gasteiger partial charge in [0, 0.05) is 24.3 Å². The number of para-hydroxylation sites is 2. The van der Waals surface area contributed by atoms with Crippen LogP contribution in [0.1, 0.15) is 11.1 Å². The van der Waals surface area contributed by atoms with E-state index in [1.165, 1.54) is 0 Å². The molecule has 3 aromatic rings. The standard InChI is InChI=1S/C18H16N2OS/c1-12-7-6-10-14-16(12)19-11-15(17(14)21)18(22)20(2)13-8-4-3-5-9-13/h3-11H,1-2H3,(H,19,21). The Balaban J connectivity index is 2.09. The van der Waals surface area contributed by atoms with Crippen molar-refractivity contribution in [3.05, 3.63) is 76.1 Å². The van der Waals surface area contributed by atoms with Gasteiger partial charge in [-0.2, -0.15) is 0 Å². The van der Waals surface area contributed by atoms with Gasteiger partial charge in [0.05, 0.1) is 11.1 Å². The average molecular weight is 308 g/mol. The number of fused-ring (bicyclic) bond motifs is 1. The van der Waals surface area contributed by atoms with Crippen molar-refractivity contribution in [3.63, 3.8) is 0 Å². The third-order valence-corrected chi connectivity index (χ3v) is 4.30. The summed E-state index contributed by atoms with van der Waals surface area (Å²) in [5.41, 5.74) is 3.34. The molecule has 1 N–H and O–H groups in total. The number of thiocarbonyl (C=S) groups is 1. The van der Waals surface area contributed by atoms with Gasteiger partial charge in [-0.05, 0) is 30.7 Å². The van der Waals surface area contributed by atoms with E-state index >= 15 is 0 Å². The molecule has 3 nitrogen and oxygen atoms in total. The summed E-state index contributed by atoms with van der Waals surface area (Å²) in [6.45, 7) is 1.98. The maximum Gasteiger partial charge on any atom is 0.199 e. The molecule has 22 heavy (non-hydrogen) atoms. The second kappa shape index (κ2) is 5.73. The molecule has 2 aromatic carbocycles. The van der Waals surface area contributed by atoms with Gasteiger partial charge in [-0.15, -0.1) is 0 Å². The first kappa shape index (κ1) is 14.5. The van der Waals surface area contributed by atoms with E-state index in [0.717, 1.165) is 16.8 Å². The zero-order valence-electron chi connectivity index (χ0n) is 12.5. The highest BCUT2D eigenvalue weighted by Gasteiger charge is 2.14. The van der Waals surface area contributed by atoms with Gasteiger partial charge in [-0.3, -0.25) is 4.79 Å². The summed E-state index contributed by atoms with van der Waals surface area (Å²) in [7, 11) is 1.87. The van der Waals surface area contributed by atoms with Gasteiger partial charge < -0.3 is 9.88 Å². The second-order valence-corrected chi connectivity index (χ2v) is 5.62. The van der Waals surface area contributed by atoms with Crippen LogP contribution < -0.4 is 10.3 Å². The van der Waals surface area contributed by atoms with E-state index in [9.17, 15) is 4.79 Å². The van der Waals surface area contributed by atoms with Crippen LogP contribution in [0.15, 0.2) is 59.5 Å². The van der Waals surface area contributed by atoms with Gasteiger partial charge in [0.25, 0.3) is 0 Å². The van der Waals surface area contributed by atoms with Gasteiger partial charge >= 0.3 is 0 Å². The fourth-order valence-electron chi connectivity index (χ4n) is 2.51. The highest BCUT2D eigenvalue weighted by Crippen LogP contribution is 2.17. The van der Waals surface area contributed by atoms with Crippen molar-refractivity contribution < 1.29 is 0 Å². The predicted octanol–water partition coefficient (Wildman–Crippen LogP) is 3.65. The van der Waals surface area contributed by atoms with Gasteiger partial charge in [0.15, 0.2) is 5.43 Å². The minimum Gasteiger partial charge on any atom is -0.360 e. The first-order valence-electron chi connectivity index (χ1n) is 7.03. The van der Waals surface area contributed by atoms with Crippen LogP contribution in [0.2, 0.25) is 0 Å². The third kappa shape index (κ3) is 2.42. The smallest absolute Gasteiger partial charge is 0.199 e. The Labute approximate surface area is 134 Å². The maximum atomic E-state index is 12.7. The number of H-pyrrole nitrogens is 1. The molecule has 0 bridgehead atoms. The van der Waals surface area contributed by atoms with Crippen LogP contribution in [0.4, 0.5) is 5.69 Å². The molecule has 0 saturated carbocycles. The molecule has 0 fully saturated rings. The zero-order chi connectivity index (χ0) is 15.7. The van der Waals surface area contributed by atoms with Crippen molar-refractivity contribution in [2.24, 2.45) is 0 Å². The number of benzene rings is 2. The number of aromatic nitrogens is 1. The van der Waals surface area contributed by atoms with E-state index in [2.05, 4.69) is 4.98 Å². The monoisotopic (exact) mass is 308 g/mol. The number of pyridine rings is 1. The molecule has 1 aromatic heterocycles. The molecule has 0 saturated heterocycles. The summed E-state index contributed by atoms with van der Waals surface area (Å²) >= 11 is 5.51.